The van der Waals surface area contributed by atoms with Crippen LogP contribution in [-0.2, 0) is 16.4 Å². The molecule has 8 heteroatoms. The Labute approximate surface area is 199 Å². The quantitative estimate of drug-likeness (QED) is 0.354. The average Bonchev–Trinajstić information content (AvgIpc) is 3.26. The predicted molar refractivity (Wildman–Crippen MR) is 132 cm³/mol. The molecule has 0 fully saturated rings. The molecule has 6 nitrogen and oxygen atoms in total. The number of carbonyl (C=O) groups is 1. The maximum atomic E-state index is 13.1. The van der Waals surface area contributed by atoms with E-state index in [9.17, 15) is 13.2 Å². The molecule has 0 spiro atoms. The highest BCUT2D eigenvalue weighted by Gasteiger charge is 2.28. The van der Waals surface area contributed by atoms with Gasteiger partial charge in [0.15, 0.2) is 0 Å². The minimum atomic E-state index is -3.50. The second kappa shape index (κ2) is 9.99. The monoisotopic (exact) mass is 482 g/mol. The van der Waals surface area contributed by atoms with Crippen molar-refractivity contribution < 1.29 is 17.9 Å². The molecule has 3 aromatic rings. The van der Waals surface area contributed by atoms with E-state index in [0.29, 0.717) is 25.1 Å². The van der Waals surface area contributed by atoms with E-state index in [2.05, 4.69) is 12.1 Å². The van der Waals surface area contributed by atoms with Crippen LogP contribution in [0.15, 0.2) is 82.6 Å². The van der Waals surface area contributed by atoms with Gasteiger partial charge in [-0.3, -0.25) is 4.79 Å². The van der Waals surface area contributed by atoms with Crippen molar-refractivity contribution >= 4 is 33.4 Å². The summed E-state index contributed by atoms with van der Waals surface area (Å²) in [6.45, 7) is 1.10. The third-order valence-corrected chi connectivity index (χ3v) is 8.22. The summed E-state index contributed by atoms with van der Waals surface area (Å²) >= 11 is 1.74. The summed E-state index contributed by atoms with van der Waals surface area (Å²) in [6.07, 6.45) is 0.623. The zero-order valence-electron chi connectivity index (χ0n) is 18.6. The van der Waals surface area contributed by atoms with Gasteiger partial charge in [0.05, 0.1) is 11.5 Å². The summed E-state index contributed by atoms with van der Waals surface area (Å²) in [5.41, 5.74) is 2.19. The molecule has 0 saturated heterocycles. The number of rotatable bonds is 8. The second-order valence-corrected chi connectivity index (χ2v) is 11.1. The fraction of sp³-hybridized carbons (Fsp3) is 0.240. The first-order valence-corrected chi connectivity index (χ1v) is 13.1. The number of nitrogens with zero attached hydrogens (tertiary/aromatic N) is 2. The summed E-state index contributed by atoms with van der Waals surface area (Å²) in [5.74, 6) is 1.45. The van der Waals surface area contributed by atoms with Crippen LogP contribution < -0.4 is 9.64 Å². The number of sulfonamides is 1. The number of hydrogen-bond acceptors (Lipinski definition) is 5. The molecule has 0 aromatic heterocycles. The fourth-order valence-corrected chi connectivity index (χ4v) is 5.35. The molecule has 0 bridgehead atoms. The molecule has 1 aliphatic heterocycles. The maximum absolute atomic E-state index is 13.1. The third kappa shape index (κ3) is 5.24. The molecule has 4 rings (SSSR count). The van der Waals surface area contributed by atoms with E-state index in [1.807, 2.05) is 30.3 Å². The Morgan fingerprint density at radius 2 is 1.76 bits per heavy atom. The SMILES string of the molecule is CN(C)S(=O)(=O)c1ccc2c(c1)CCN2C(=O)c1ccc(OCCSc2ccccc2)cc1. The van der Waals surface area contributed by atoms with Crippen molar-refractivity contribution in [1.29, 1.82) is 0 Å². The number of thioether (sulfide) groups is 1. The number of fused-ring (bicyclic) bond motifs is 1. The Kier molecular flexibility index (Phi) is 7.07. The lowest BCUT2D eigenvalue weighted by Gasteiger charge is -2.18. The van der Waals surface area contributed by atoms with E-state index in [4.69, 9.17) is 4.74 Å². The predicted octanol–water partition coefficient (Wildman–Crippen LogP) is 4.31. The lowest BCUT2D eigenvalue weighted by molar-refractivity contribution is 0.0989. The first-order chi connectivity index (χ1) is 15.9. The summed E-state index contributed by atoms with van der Waals surface area (Å²) in [7, 11) is -0.489. The minimum Gasteiger partial charge on any atom is -0.493 e. The molecule has 0 saturated carbocycles. The zero-order valence-corrected chi connectivity index (χ0v) is 20.2. The molecule has 1 heterocycles. The van der Waals surface area contributed by atoms with E-state index in [-0.39, 0.29) is 10.8 Å². The van der Waals surface area contributed by atoms with Crippen LogP contribution in [0.25, 0.3) is 0 Å². The largest absolute Gasteiger partial charge is 0.493 e. The molecule has 1 aliphatic rings. The molecule has 0 aliphatic carbocycles. The number of carbonyl (C=O) groups excluding carboxylic acids is 1. The van der Waals surface area contributed by atoms with Crippen molar-refractivity contribution in [3.63, 3.8) is 0 Å². The Balaban J connectivity index is 1.37. The molecule has 172 valence electrons. The highest BCUT2D eigenvalue weighted by molar-refractivity contribution is 7.99. The van der Waals surface area contributed by atoms with Gasteiger partial charge in [0.1, 0.15) is 5.75 Å². The van der Waals surface area contributed by atoms with Crippen LogP contribution in [-0.4, -0.2) is 51.6 Å². The molecular weight excluding hydrogens is 456 g/mol. The Morgan fingerprint density at radius 1 is 1.03 bits per heavy atom. The van der Waals surface area contributed by atoms with Crippen molar-refractivity contribution in [2.75, 3.05) is 37.9 Å². The molecule has 1 amide bonds. The lowest BCUT2D eigenvalue weighted by atomic mass is 10.1. The number of hydrogen-bond donors (Lipinski definition) is 0. The molecule has 0 N–H and O–H groups in total. The average molecular weight is 483 g/mol. The number of amides is 1. The summed E-state index contributed by atoms with van der Waals surface area (Å²) in [4.78, 5) is 16.2. The van der Waals surface area contributed by atoms with E-state index >= 15 is 0 Å². The first-order valence-electron chi connectivity index (χ1n) is 10.6. The molecule has 33 heavy (non-hydrogen) atoms. The molecule has 0 unspecified atom stereocenters. The van der Waals surface area contributed by atoms with Crippen LogP contribution in [0.5, 0.6) is 5.75 Å². The van der Waals surface area contributed by atoms with Gasteiger partial charge in [-0.05, 0) is 66.6 Å². The van der Waals surface area contributed by atoms with Crippen molar-refractivity contribution in [2.24, 2.45) is 0 Å². The number of ether oxygens (including phenoxy) is 1. The van der Waals surface area contributed by atoms with E-state index in [0.717, 1.165) is 22.8 Å². The van der Waals surface area contributed by atoms with Gasteiger partial charge in [-0.15, -0.1) is 11.8 Å². The minimum absolute atomic E-state index is 0.108. The molecular formula is C25H26N2O4S2. The van der Waals surface area contributed by atoms with Crippen molar-refractivity contribution in [1.82, 2.24) is 4.31 Å². The van der Waals surface area contributed by atoms with Gasteiger partial charge in [0.2, 0.25) is 10.0 Å². The first kappa shape index (κ1) is 23.4. The van der Waals surface area contributed by atoms with Gasteiger partial charge in [-0.2, -0.15) is 0 Å². The van der Waals surface area contributed by atoms with Crippen molar-refractivity contribution in [3.8, 4) is 5.75 Å². The third-order valence-electron chi connectivity index (χ3n) is 5.44. The van der Waals surface area contributed by atoms with E-state index in [1.54, 1.807) is 47.0 Å². The van der Waals surface area contributed by atoms with Gasteiger partial charge < -0.3 is 9.64 Å². The smallest absolute Gasteiger partial charge is 0.258 e. The Morgan fingerprint density at radius 3 is 2.45 bits per heavy atom. The number of benzene rings is 3. The van der Waals surface area contributed by atoms with E-state index in [1.165, 1.54) is 23.3 Å². The molecule has 0 atom stereocenters. The fourth-order valence-electron chi connectivity index (χ4n) is 3.65. The molecule has 3 aromatic carbocycles. The highest BCUT2D eigenvalue weighted by Crippen LogP contribution is 2.32. The maximum Gasteiger partial charge on any atom is 0.258 e. The van der Waals surface area contributed by atoms with Gasteiger partial charge in [0.25, 0.3) is 5.91 Å². The van der Waals surface area contributed by atoms with Crippen LogP contribution >= 0.6 is 11.8 Å². The van der Waals surface area contributed by atoms with Crippen LogP contribution in [0.3, 0.4) is 0 Å². The van der Waals surface area contributed by atoms with Crippen LogP contribution in [0.4, 0.5) is 5.69 Å². The summed E-state index contributed by atoms with van der Waals surface area (Å²) in [5, 5.41) is 0. The van der Waals surface area contributed by atoms with Gasteiger partial charge in [0, 0.05) is 42.5 Å². The van der Waals surface area contributed by atoms with Gasteiger partial charge in [-0.1, -0.05) is 18.2 Å². The molecule has 0 radical (unpaired) electrons. The van der Waals surface area contributed by atoms with Gasteiger partial charge in [-0.25, -0.2) is 12.7 Å². The zero-order chi connectivity index (χ0) is 23.4. The van der Waals surface area contributed by atoms with E-state index < -0.39 is 10.0 Å². The second-order valence-electron chi connectivity index (χ2n) is 7.82. The van der Waals surface area contributed by atoms with Crippen molar-refractivity contribution in [3.05, 3.63) is 83.9 Å². The summed E-state index contributed by atoms with van der Waals surface area (Å²) < 4.78 is 31.8. The topological polar surface area (TPSA) is 66.9 Å². The van der Waals surface area contributed by atoms with Crippen LogP contribution in [0.1, 0.15) is 15.9 Å². The number of anilines is 1. The lowest BCUT2D eigenvalue weighted by Crippen LogP contribution is -2.28. The van der Waals surface area contributed by atoms with Crippen LogP contribution in [0, 0.1) is 0 Å². The van der Waals surface area contributed by atoms with Crippen molar-refractivity contribution in [2.45, 2.75) is 16.2 Å². The van der Waals surface area contributed by atoms with Gasteiger partial charge >= 0.3 is 0 Å². The summed E-state index contributed by atoms with van der Waals surface area (Å²) in [6, 6.07) is 22.3. The van der Waals surface area contributed by atoms with Crippen LogP contribution in [0.2, 0.25) is 0 Å². The normalized spacial score (nSPS) is 13.2. The Bertz CT molecular complexity index is 1230. The highest BCUT2D eigenvalue weighted by atomic mass is 32.2. The Hall–Kier alpha value is -2.81. The standard InChI is InChI=1S/C25H26N2O4S2/c1-26(2)33(29,30)23-12-13-24-20(18-23)14-15-27(24)25(28)19-8-10-21(11-9-19)31-16-17-32-22-6-4-3-5-7-22/h3-13,18H,14-17H2,1-2H3.